The van der Waals surface area contributed by atoms with Crippen LogP contribution in [0.2, 0.25) is 0 Å². The number of epoxide rings is 1. The number of hydrogen-bond acceptors (Lipinski definition) is 8. The third-order valence-electron chi connectivity index (χ3n) is 7.87. The summed E-state index contributed by atoms with van der Waals surface area (Å²) in [6.45, 7) is 3.76. The zero-order valence-electron chi connectivity index (χ0n) is 25.5. The van der Waals surface area contributed by atoms with Crippen molar-refractivity contribution in [1.29, 1.82) is 0 Å². The molecule has 1 aliphatic rings. The van der Waals surface area contributed by atoms with Crippen LogP contribution in [-0.4, -0.2) is 72.0 Å². The van der Waals surface area contributed by atoms with E-state index in [0.717, 1.165) is 10.9 Å². The van der Waals surface area contributed by atoms with Gasteiger partial charge in [-0.3, -0.25) is 19.2 Å². The molecule has 0 spiro atoms. The molecule has 5 N–H and O–H groups in total. The van der Waals surface area contributed by atoms with Gasteiger partial charge in [0, 0.05) is 5.39 Å². The number of para-hydroxylation sites is 1. The number of fused-ring (bicyclic) bond motifs is 1. The molecule has 238 valence electrons. The second-order valence-electron chi connectivity index (χ2n) is 11.2. The quantitative estimate of drug-likeness (QED) is 0.147. The zero-order chi connectivity index (χ0) is 32.5. The van der Waals surface area contributed by atoms with Gasteiger partial charge >= 0.3 is 5.97 Å². The minimum Gasteiger partial charge on any atom is -0.467 e. The fraction of sp³-hybridized carbons (Fsp3) is 0.394. The van der Waals surface area contributed by atoms with Gasteiger partial charge in [0.2, 0.25) is 17.7 Å². The summed E-state index contributed by atoms with van der Waals surface area (Å²) < 4.78 is 10.7. The number of carbonyl (C=O) groups excluding carboxylic acids is 5. The molecule has 12 heteroatoms. The first-order chi connectivity index (χ1) is 21.6. The number of carbonyl (C=O) groups is 5. The van der Waals surface area contributed by atoms with Crippen molar-refractivity contribution in [2.24, 2.45) is 11.7 Å². The average molecular weight is 618 g/mol. The number of aromatic nitrogens is 1. The van der Waals surface area contributed by atoms with Gasteiger partial charge in [0.15, 0.2) is 0 Å². The van der Waals surface area contributed by atoms with Gasteiger partial charge in [0.05, 0.1) is 37.6 Å². The van der Waals surface area contributed by atoms with Crippen molar-refractivity contribution in [1.82, 2.24) is 20.9 Å². The van der Waals surface area contributed by atoms with Gasteiger partial charge < -0.3 is 31.2 Å². The maximum atomic E-state index is 13.5. The highest BCUT2D eigenvalue weighted by Crippen LogP contribution is 2.30. The number of amides is 4. The van der Waals surface area contributed by atoms with E-state index in [9.17, 15) is 24.0 Å². The number of nitrogens with two attached hydrogens (primary N) is 1. The summed E-state index contributed by atoms with van der Waals surface area (Å²) >= 11 is 0. The predicted octanol–water partition coefficient (Wildman–Crippen LogP) is 1.80. The number of hydrogen-bond donors (Lipinski definition) is 4. The van der Waals surface area contributed by atoms with Crippen LogP contribution in [0.25, 0.3) is 10.9 Å². The summed E-state index contributed by atoms with van der Waals surface area (Å²) in [5.74, 6) is -3.10. The lowest BCUT2D eigenvalue weighted by atomic mass is 9.98. The van der Waals surface area contributed by atoms with Crippen molar-refractivity contribution in [2.75, 3.05) is 7.11 Å². The molecule has 4 amide bonds. The molecular formula is C33H39N5O7. The van der Waals surface area contributed by atoms with Crippen LogP contribution >= 0.6 is 0 Å². The normalized spacial score (nSPS) is 18.1. The molecular weight excluding hydrogens is 578 g/mol. The summed E-state index contributed by atoms with van der Waals surface area (Å²) in [7, 11) is 1.27. The number of nitrogens with zero attached hydrogens (tertiary/aromatic N) is 1. The fourth-order valence-electron chi connectivity index (χ4n) is 5.12. The van der Waals surface area contributed by atoms with Crippen LogP contribution in [0.4, 0.5) is 0 Å². The first kappa shape index (κ1) is 33.1. The number of primary amides is 1. The first-order valence-electron chi connectivity index (χ1n) is 14.9. The standard InChI is InChI=1S/C33H39N5O7/c1-4-19(2)29(33(43)44-3)38-28(40)18-26-30(45-26)24(16-20-10-6-5-7-11-20)36-32(42)25(17-27(34)39)37-31(41)23-15-14-21-12-8-9-13-22(21)35-23/h5-15,19,24-26,29-30H,4,16-18H2,1-3H3,(H2,34,39)(H,36,42)(H,37,41)(H,38,40)/t19-,24?,25+,26?,29-,30?/m0/s1. The number of benzene rings is 2. The summed E-state index contributed by atoms with van der Waals surface area (Å²) in [6.07, 6.45) is -0.521. The number of rotatable bonds is 15. The van der Waals surface area contributed by atoms with Gasteiger partial charge in [-0.1, -0.05) is 74.9 Å². The predicted molar refractivity (Wildman–Crippen MR) is 166 cm³/mol. The Hall–Kier alpha value is -4.84. The van der Waals surface area contributed by atoms with E-state index in [4.69, 9.17) is 15.2 Å². The molecule has 6 atom stereocenters. The van der Waals surface area contributed by atoms with Crippen molar-refractivity contribution in [2.45, 2.75) is 69.9 Å². The highest BCUT2D eigenvalue weighted by atomic mass is 16.6. The highest BCUT2D eigenvalue weighted by molar-refractivity contribution is 5.99. The monoisotopic (exact) mass is 617 g/mol. The molecule has 0 radical (unpaired) electrons. The molecule has 12 nitrogen and oxygen atoms in total. The maximum absolute atomic E-state index is 13.5. The fourth-order valence-corrected chi connectivity index (χ4v) is 5.12. The molecule has 1 fully saturated rings. The molecule has 0 saturated carbocycles. The summed E-state index contributed by atoms with van der Waals surface area (Å²) in [5, 5.41) is 9.08. The third-order valence-corrected chi connectivity index (χ3v) is 7.87. The Morgan fingerprint density at radius 2 is 1.67 bits per heavy atom. The smallest absolute Gasteiger partial charge is 0.328 e. The van der Waals surface area contributed by atoms with Crippen LogP contribution in [0.1, 0.15) is 49.2 Å². The largest absolute Gasteiger partial charge is 0.467 e. The Balaban J connectivity index is 1.46. The molecule has 0 aliphatic carbocycles. The number of pyridine rings is 1. The van der Waals surface area contributed by atoms with Gasteiger partial charge in [-0.25, -0.2) is 9.78 Å². The van der Waals surface area contributed by atoms with E-state index >= 15 is 0 Å². The van der Waals surface area contributed by atoms with Crippen LogP contribution in [0.3, 0.4) is 0 Å². The number of methoxy groups -OCH3 is 1. The Morgan fingerprint density at radius 3 is 2.36 bits per heavy atom. The Kier molecular flexibility index (Phi) is 11.2. The first-order valence-corrected chi connectivity index (χ1v) is 14.9. The average Bonchev–Trinajstić information content (AvgIpc) is 3.80. The molecule has 4 rings (SSSR count). The summed E-state index contributed by atoms with van der Waals surface area (Å²) in [4.78, 5) is 68.0. The van der Waals surface area contributed by atoms with Gasteiger partial charge in [-0.05, 0) is 30.0 Å². The van der Waals surface area contributed by atoms with Gasteiger partial charge in [-0.15, -0.1) is 0 Å². The van der Waals surface area contributed by atoms with E-state index < -0.39 is 60.4 Å². The van der Waals surface area contributed by atoms with Crippen LogP contribution in [0.5, 0.6) is 0 Å². The molecule has 1 aromatic heterocycles. The van der Waals surface area contributed by atoms with Gasteiger partial charge in [0.25, 0.3) is 5.91 Å². The van der Waals surface area contributed by atoms with Crippen LogP contribution in [-0.2, 0) is 35.1 Å². The van der Waals surface area contributed by atoms with E-state index in [1.807, 2.05) is 56.3 Å². The van der Waals surface area contributed by atoms with Crippen LogP contribution in [0.15, 0.2) is 66.7 Å². The van der Waals surface area contributed by atoms with E-state index in [-0.39, 0.29) is 23.9 Å². The number of nitrogens with one attached hydrogen (secondary N) is 3. The van der Waals surface area contributed by atoms with Crippen molar-refractivity contribution in [3.05, 3.63) is 78.0 Å². The second-order valence-corrected chi connectivity index (χ2v) is 11.2. The Morgan fingerprint density at radius 1 is 0.956 bits per heavy atom. The number of ether oxygens (including phenoxy) is 2. The minimum absolute atomic E-state index is 0.0369. The van der Waals surface area contributed by atoms with Crippen molar-refractivity contribution >= 4 is 40.5 Å². The molecule has 45 heavy (non-hydrogen) atoms. The van der Waals surface area contributed by atoms with Gasteiger partial charge in [0.1, 0.15) is 23.9 Å². The van der Waals surface area contributed by atoms with E-state index in [2.05, 4.69) is 20.9 Å². The Labute approximate surface area is 261 Å². The second kappa shape index (κ2) is 15.2. The third kappa shape index (κ3) is 9.08. The van der Waals surface area contributed by atoms with E-state index in [0.29, 0.717) is 18.4 Å². The minimum atomic E-state index is -1.28. The zero-order valence-corrected chi connectivity index (χ0v) is 25.5. The van der Waals surface area contributed by atoms with Crippen molar-refractivity contribution < 1.29 is 33.4 Å². The lowest BCUT2D eigenvalue weighted by molar-refractivity contribution is -0.146. The molecule has 2 heterocycles. The number of esters is 1. The van der Waals surface area contributed by atoms with E-state index in [1.54, 1.807) is 18.2 Å². The lowest BCUT2D eigenvalue weighted by Crippen LogP contribution is -2.53. The highest BCUT2D eigenvalue weighted by Gasteiger charge is 2.47. The maximum Gasteiger partial charge on any atom is 0.328 e. The summed E-state index contributed by atoms with van der Waals surface area (Å²) in [5.41, 5.74) is 7.02. The summed E-state index contributed by atoms with van der Waals surface area (Å²) in [6, 6.07) is 17.3. The molecule has 3 aromatic rings. The Bertz CT molecular complexity index is 1530. The van der Waals surface area contributed by atoms with Crippen LogP contribution in [0, 0.1) is 5.92 Å². The molecule has 2 aromatic carbocycles. The van der Waals surface area contributed by atoms with E-state index in [1.165, 1.54) is 13.2 Å². The van der Waals surface area contributed by atoms with Gasteiger partial charge in [-0.2, -0.15) is 0 Å². The van der Waals surface area contributed by atoms with Crippen LogP contribution < -0.4 is 21.7 Å². The molecule has 3 unspecified atom stereocenters. The van der Waals surface area contributed by atoms with Crippen molar-refractivity contribution in [3.8, 4) is 0 Å². The molecule has 0 bridgehead atoms. The molecule has 1 saturated heterocycles. The molecule has 1 aliphatic heterocycles. The SMILES string of the molecule is CC[C@H](C)[C@H](NC(=O)CC1OC1C(Cc1ccccc1)NC(=O)[C@@H](CC(N)=O)NC(=O)c1ccc2ccccc2n1)C(=O)OC. The lowest BCUT2D eigenvalue weighted by Gasteiger charge is -2.23. The van der Waals surface area contributed by atoms with Crippen molar-refractivity contribution in [3.63, 3.8) is 0 Å². The topological polar surface area (TPSA) is 182 Å².